The zero-order valence-corrected chi connectivity index (χ0v) is 13.5. The van der Waals surface area contributed by atoms with E-state index in [0.717, 1.165) is 0 Å². The number of nitrogens with one attached hydrogen (secondary N) is 2. The molecule has 0 unspecified atom stereocenters. The van der Waals surface area contributed by atoms with Gasteiger partial charge in [0, 0.05) is 13.3 Å². The first-order valence-corrected chi connectivity index (χ1v) is 6.88. The van der Waals surface area contributed by atoms with Crippen LogP contribution in [0.5, 0.6) is 0 Å². The van der Waals surface area contributed by atoms with E-state index >= 15 is 0 Å². The summed E-state index contributed by atoms with van der Waals surface area (Å²) in [7, 11) is 0. The lowest BCUT2D eigenvalue weighted by molar-refractivity contribution is -0.123. The van der Waals surface area contributed by atoms with E-state index in [2.05, 4.69) is 20.8 Å². The summed E-state index contributed by atoms with van der Waals surface area (Å²) < 4.78 is 5.09. The normalized spacial score (nSPS) is 12.1. The molecule has 0 saturated carbocycles. The quantitative estimate of drug-likeness (QED) is 0.858. The molecule has 2 N–H and O–H groups in total. The van der Waals surface area contributed by atoms with Gasteiger partial charge in [-0.05, 0) is 19.3 Å². The third-order valence-electron chi connectivity index (χ3n) is 2.64. The lowest BCUT2D eigenvalue weighted by Crippen LogP contribution is -2.40. The summed E-state index contributed by atoms with van der Waals surface area (Å²) in [6.07, 6.45) is 0.422. The Bertz CT molecular complexity index is 515. The molecular formula is C14H24N4O3. The minimum Gasteiger partial charge on any atom is -0.347 e. The van der Waals surface area contributed by atoms with Crippen molar-refractivity contribution in [3.05, 3.63) is 11.7 Å². The number of carbonyl (C=O) groups is 2. The van der Waals surface area contributed by atoms with Crippen LogP contribution in [0.15, 0.2) is 4.52 Å². The maximum absolute atomic E-state index is 11.7. The maximum Gasteiger partial charge on any atom is 0.246 e. The number of hydrogen-bond acceptors (Lipinski definition) is 5. The van der Waals surface area contributed by atoms with E-state index in [9.17, 15) is 9.59 Å². The standard InChI is InChI=1S/C14H24N4O3/c1-9(19)17-14(5,6)12-16-11(21-18-12)8-15-10(20)7-13(2,3)4/h7-8H2,1-6H3,(H,15,20)(H,17,19). The Morgan fingerprint density at radius 1 is 1.19 bits per heavy atom. The highest BCUT2D eigenvalue weighted by molar-refractivity contribution is 5.76. The summed E-state index contributed by atoms with van der Waals surface area (Å²) in [6.45, 7) is 11.1. The molecule has 2 amide bonds. The van der Waals surface area contributed by atoms with Gasteiger partial charge in [-0.2, -0.15) is 4.98 Å². The summed E-state index contributed by atoms with van der Waals surface area (Å²) >= 11 is 0. The first kappa shape index (κ1) is 17.1. The molecule has 0 fully saturated rings. The number of amides is 2. The molecule has 1 aromatic heterocycles. The molecule has 1 heterocycles. The first-order valence-electron chi connectivity index (χ1n) is 6.88. The Labute approximate surface area is 124 Å². The topological polar surface area (TPSA) is 97.1 Å². The van der Waals surface area contributed by atoms with Gasteiger partial charge in [0.2, 0.25) is 17.7 Å². The Hall–Kier alpha value is -1.92. The van der Waals surface area contributed by atoms with Gasteiger partial charge >= 0.3 is 0 Å². The summed E-state index contributed by atoms with van der Waals surface area (Å²) in [5.74, 6) is 0.441. The molecule has 0 saturated heterocycles. The van der Waals surface area contributed by atoms with Crippen molar-refractivity contribution < 1.29 is 14.1 Å². The molecule has 0 aliphatic carbocycles. The zero-order valence-electron chi connectivity index (χ0n) is 13.5. The highest BCUT2D eigenvalue weighted by Gasteiger charge is 2.27. The van der Waals surface area contributed by atoms with E-state index in [0.29, 0.717) is 18.1 Å². The van der Waals surface area contributed by atoms with Gasteiger partial charge in [0.15, 0.2) is 5.82 Å². The van der Waals surface area contributed by atoms with E-state index in [1.807, 2.05) is 20.8 Å². The molecule has 1 aromatic rings. The maximum atomic E-state index is 11.7. The SMILES string of the molecule is CC(=O)NC(C)(C)c1noc(CNC(=O)CC(C)(C)C)n1. The van der Waals surface area contributed by atoms with Gasteiger partial charge in [-0.25, -0.2) is 0 Å². The monoisotopic (exact) mass is 296 g/mol. The Morgan fingerprint density at radius 3 is 2.33 bits per heavy atom. The zero-order chi connectivity index (χ0) is 16.3. The van der Waals surface area contributed by atoms with Gasteiger partial charge in [0.1, 0.15) is 0 Å². The third-order valence-corrected chi connectivity index (χ3v) is 2.64. The Balaban J connectivity index is 2.60. The average Bonchev–Trinajstić information content (AvgIpc) is 2.71. The van der Waals surface area contributed by atoms with Crippen molar-refractivity contribution in [1.82, 2.24) is 20.8 Å². The lowest BCUT2D eigenvalue weighted by Gasteiger charge is -2.20. The molecule has 0 aromatic carbocycles. The Kier molecular flexibility index (Phi) is 5.09. The van der Waals surface area contributed by atoms with Crippen LogP contribution in [-0.4, -0.2) is 22.0 Å². The molecule has 0 radical (unpaired) electrons. The smallest absolute Gasteiger partial charge is 0.246 e. The molecule has 118 valence electrons. The predicted octanol–water partition coefficient (Wildman–Crippen LogP) is 1.49. The summed E-state index contributed by atoms with van der Waals surface area (Å²) in [5.41, 5.74) is -0.791. The molecule has 0 atom stereocenters. The van der Waals surface area contributed by atoms with Crippen molar-refractivity contribution in [2.24, 2.45) is 5.41 Å². The van der Waals surface area contributed by atoms with E-state index < -0.39 is 5.54 Å². The van der Waals surface area contributed by atoms with E-state index in [1.54, 1.807) is 13.8 Å². The molecule has 7 heteroatoms. The van der Waals surface area contributed by atoms with Gasteiger partial charge < -0.3 is 15.2 Å². The van der Waals surface area contributed by atoms with Crippen LogP contribution in [0.2, 0.25) is 0 Å². The number of hydrogen-bond donors (Lipinski definition) is 2. The molecule has 1 rings (SSSR count). The second kappa shape index (κ2) is 6.24. The highest BCUT2D eigenvalue weighted by atomic mass is 16.5. The van der Waals surface area contributed by atoms with Crippen molar-refractivity contribution in [1.29, 1.82) is 0 Å². The minimum absolute atomic E-state index is 0.0663. The molecule has 0 aliphatic heterocycles. The van der Waals surface area contributed by atoms with Crippen LogP contribution in [0.25, 0.3) is 0 Å². The van der Waals surface area contributed by atoms with Gasteiger partial charge in [0.25, 0.3) is 0 Å². The largest absolute Gasteiger partial charge is 0.347 e. The first-order chi connectivity index (χ1) is 9.49. The van der Waals surface area contributed by atoms with Crippen LogP contribution in [0.3, 0.4) is 0 Å². The molecular weight excluding hydrogens is 272 g/mol. The summed E-state index contributed by atoms with van der Waals surface area (Å²) in [6, 6.07) is 0. The van der Waals surface area contributed by atoms with E-state index in [4.69, 9.17) is 4.52 Å². The van der Waals surface area contributed by atoms with Gasteiger partial charge in [-0.1, -0.05) is 25.9 Å². The molecule has 0 bridgehead atoms. The molecule has 7 nitrogen and oxygen atoms in total. The van der Waals surface area contributed by atoms with Gasteiger partial charge in [0.05, 0.1) is 12.1 Å². The van der Waals surface area contributed by atoms with E-state index in [-0.39, 0.29) is 23.8 Å². The third kappa shape index (κ3) is 5.93. The second-order valence-corrected chi connectivity index (χ2v) is 6.83. The minimum atomic E-state index is -0.719. The predicted molar refractivity (Wildman–Crippen MR) is 77.1 cm³/mol. The van der Waals surface area contributed by atoms with Crippen LogP contribution < -0.4 is 10.6 Å². The second-order valence-electron chi connectivity index (χ2n) is 6.83. The number of rotatable bonds is 5. The number of nitrogens with zero attached hydrogens (tertiary/aromatic N) is 2. The van der Waals surface area contributed by atoms with Crippen LogP contribution in [0, 0.1) is 5.41 Å². The summed E-state index contributed by atoms with van der Waals surface area (Å²) in [5, 5.41) is 9.31. The fourth-order valence-electron chi connectivity index (χ4n) is 1.79. The molecule has 0 spiro atoms. The van der Waals surface area contributed by atoms with E-state index in [1.165, 1.54) is 6.92 Å². The van der Waals surface area contributed by atoms with Crippen LogP contribution in [-0.2, 0) is 21.7 Å². The van der Waals surface area contributed by atoms with Crippen molar-refractivity contribution in [2.45, 2.75) is 60.0 Å². The fourth-order valence-corrected chi connectivity index (χ4v) is 1.79. The molecule has 21 heavy (non-hydrogen) atoms. The van der Waals surface area contributed by atoms with Crippen LogP contribution >= 0.6 is 0 Å². The van der Waals surface area contributed by atoms with Crippen molar-refractivity contribution >= 4 is 11.8 Å². The average molecular weight is 296 g/mol. The van der Waals surface area contributed by atoms with Gasteiger partial charge in [-0.3, -0.25) is 9.59 Å². The highest BCUT2D eigenvalue weighted by Crippen LogP contribution is 2.18. The number of carbonyl (C=O) groups excluding carboxylic acids is 2. The Morgan fingerprint density at radius 2 is 1.81 bits per heavy atom. The van der Waals surface area contributed by atoms with Crippen LogP contribution in [0.4, 0.5) is 0 Å². The van der Waals surface area contributed by atoms with Crippen molar-refractivity contribution in [3.8, 4) is 0 Å². The fraction of sp³-hybridized carbons (Fsp3) is 0.714. The number of aromatic nitrogens is 2. The van der Waals surface area contributed by atoms with Crippen molar-refractivity contribution in [3.63, 3.8) is 0 Å². The van der Waals surface area contributed by atoms with Crippen molar-refractivity contribution in [2.75, 3.05) is 0 Å². The molecule has 0 aliphatic rings. The lowest BCUT2D eigenvalue weighted by atomic mass is 9.92. The summed E-state index contributed by atoms with van der Waals surface area (Å²) in [4.78, 5) is 27.1. The van der Waals surface area contributed by atoms with Crippen LogP contribution in [0.1, 0.15) is 59.7 Å². The van der Waals surface area contributed by atoms with Gasteiger partial charge in [-0.15, -0.1) is 0 Å².